The highest BCUT2D eigenvalue weighted by Gasteiger charge is 2.33. The van der Waals surface area contributed by atoms with Gasteiger partial charge in [-0.05, 0) is 53.5 Å². The van der Waals surface area contributed by atoms with Gasteiger partial charge >= 0.3 is 0 Å². The van der Waals surface area contributed by atoms with Crippen LogP contribution in [0.3, 0.4) is 0 Å². The normalized spacial score (nSPS) is 16.8. The monoisotopic (exact) mass is 456 g/mol. The number of carbonyl (C=O) groups is 1. The summed E-state index contributed by atoms with van der Waals surface area (Å²) in [6.45, 7) is 12.5. The van der Waals surface area contributed by atoms with Crippen LogP contribution in [0.25, 0.3) is 0 Å². The largest absolute Gasteiger partial charge is 0.491 e. The van der Waals surface area contributed by atoms with Crippen LogP contribution in [-0.4, -0.2) is 59.7 Å². The van der Waals surface area contributed by atoms with Crippen LogP contribution in [0.5, 0.6) is 5.75 Å². The number of rotatable bonds is 11. The van der Waals surface area contributed by atoms with E-state index in [4.69, 9.17) is 4.74 Å². The predicted octanol–water partition coefficient (Wildman–Crippen LogP) is 4.64. The molecule has 32 heavy (non-hydrogen) atoms. The van der Waals surface area contributed by atoms with E-state index in [1.54, 1.807) is 17.4 Å². The molecule has 0 fully saturated rings. The third kappa shape index (κ3) is 6.21. The molecule has 1 aliphatic heterocycles. The Morgan fingerprint density at radius 2 is 2.09 bits per heavy atom. The molecule has 2 aromatic rings. The molecular formula is C26H36N2O3S. The lowest BCUT2D eigenvalue weighted by Gasteiger charge is -2.37. The van der Waals surface area contributed by atoms with E-state index in [1.165, 1.54) is 16.0 Å². The fourth-order valence-electron chi connectivity index (χ4n) is 4.09. The van der Waals surface area contributed by atoms with E-state index in [1.807, 2.05) is 28.9 Å². The summed E-state index contributed by atoms with van der Waals surface area (Å²) in [6, 6.07) is 10.2. The number of nitrogens with zero attached hydrogens (tertiary/aromatic N) is 2. The number of hydrogen-bond acceptors (Lipinski definition) is 5. The van der Waals surface area contributed by atoms with Gasteiger partial charge in [-0.15, -0.1) is 17.9 Å². The van der Waals surface area contributed by atoms with E-state index >= 15 is 0 Å². The first kappa shape index (κ1) is 24.5. The Balaban J connectivity index is 1.72. The number of benzene rings is 1. The zero-order valence-corrected chi connectivity index (χ0v) is 20.3. The van der Waals surface area contributed by atoms with Crippen molar-refractivity contribution in [1.82, 2.24) is 9.80 Å². The second-order valence-electron chi connectivity index (χ2n) is 8.73. The Hall–Kier alpha value is -2.15. The summed E-state index contributed by atoms with van der Waals surface area (Å²) in [6.07, 6.45) is 2.87. The smallest absolute Gasteiger partial charge is 0.237 e. The topological polar surface area (TPSA) is 53.0 Å². The first-order valence-corrected chi connectivity index (χ1v) is 12.4. The van der Waals surface area contributed by atoms with E-state index in [0.717, 1.165) is 12.2 Å². The zero-order chi connectivity index (χ0) is 23.1. The molecule has 1 N–H and O–H groups in total. The lowest BCUT2D eigenvalue weighted by molar-refractivity contribution is -0.136. The Bertz CT molecular complexity index is 877. The first-order chi connectivity index (χ1) is 15.4. The van der Waals surface area contributed by atoms with Crippen molar-refractivity contribution in [3.8, 4) is 5.75 Å². The standard InChI is InChI=1S/C26H36N2O3S/c1-5-13-27(16-21(29)6-2)17-26(30)28-14-11-25-23(12-15-32-25)24(28)18-31-22-9-7-20(8-10-22)19(3)4/h5,7-10,12,15,19,21,24,29H,1,6,11,13-14,16-18H2,2-4H3. The first-order valence-electron chi connectivity index (χ1n) is 11.5. The molecule has 2 heterocycles. The molecule has 6 heteroatoms. The Kier molecular flexibility index (Phi) is 8.91. The Morgan fingerprint density at radius 1 is 1.34 bits per heavy atom. The SMILES string of the molecule is C=CCN(CC(=O)N1CCc2sccc2C1COc1ccc(C(C)C)cc1)CC(O)CC. The van der Waals surface area contributed by atoms with E-state index in [0.29, 0.717) is 38.6 Å². The van der Waals surface area contributed by atoms with Gasteiger partial charge in [0.25, 0.3) is 0 Å². The summed E-state index contributed by atoms with van der Waals surface area (Å²) in [5.41, 5.74) is 2.47. The van der Waals surface area contributed by atoms with Gasteiger partial charge in [0.2, 0.25) is 5.91 Å². The Labute approximate surface area is 196 Å². The second-order valence-corrected chi connectivity index (χ2v) is 9.73. The average Bonchev–Trinajstić information content (AvgIpc) is 3.26. The summed E-state index contributed by atoms with van der Waals surface area (Å²) in [7, 11) is 0. The number of hydrogen-bond donors (Lipinski definition) is 1. The maximum Gasteiger partial charge on any atom is 0.237 e. The summed E-state index contributed by atoms with van der Waals surface area (Å²) >= 11 is 1.75. The van der Waals surface area contributed by atoms with E-state index in [-0.39, 0.29) is 18.5 Å². The van der Waals surface area contributed by atoms with Crippen LogP contribution >= 0.6 is 11.3 Å². The second kappa shape index (κ2) is 11.6. The van der Waals surface area contributed by atoms with Crippen LogP contribution in [0.2, 0.25) is 0 Å². The highest BCUT2D eigenvalue weighted by molar-refractivity contribution is 7.10. The number of fused-ring (bicyclic) bond motifs is 1. The average molecular weight is 457 g/mol. The van der Waals surface area contributed by atoms with Crippen molar-refractivity contribution < 1.29 is 14.6 Å². The van der Waals surface area contributed by atoms with Crippen LogP contribution in [0, 0.1) is 0 Å². The van der Waals surface area contributed by atoms with Gasteiger partial charge in [0.05, 0.1) is 18.7 Å². The van der Waals surface area contributed by atoms with Crippen molar-refractivity contribution in [3.05, 3.63) is 64.4 Å². The van der Waals surface area contributed by atoms with E-state index < -0.39 is 6.10 Å². The molecule has 174 valence electrons. The third-order valence-corrected chi connectivity index (χ3v) is 7.05. The number of carbonyl (C=O) groups excluding carboxylic acids is 1. The van der Waals surface area contributed by atoms with E-state index in [9.17, 15) is 9.90 Å². The van der Waals surface area contributed by atoms with Gasteiger partial charge in [0, 0.05) is 24.5 Å². The minimum absolute atomic E-state index is 0.0655. The molecule has 1 aliphatic rings. The molecule has 1 aromatic carbocycles. The number of amides is 1. The maximum absolute atomic E-state index is 13.3. The summed E-state index contributed by atoms with van der Waals surface area (Å²) in [5, 5.41) is 12.2. The minimum atomic E-state index is -0.444. The summed E-state index contributed by atoms with van der Waals surface area (Å²) in [5.74, 6) is 1.37. The molecule has 0 radical (unpaired) electrons. The van der Waals surface area contributed by atoms with Crippen molar-refractivity contribution in [2.45, 2.75) is 51.7 Å². The van der Waals surface area contributed by atoms with Crippen LogP contribution in [0.1, 0.15) is 55.2 Å². The van der Waals surface area contributed by atoms with Gasteiger partial charge in [0.15, 0.2) is 0 Å². The van der Waals surface area contributed by atoms with Crippen LogP contribution in [-0.2, 0) is 11.2 Å². The third-order valence-electron chi connectivity index (χ3n) is 6.06. The van der Waals surface area contributed by atoms with Crippen molar-refractivity contribution in [3.63, 3.8) is 0 Å². The molecule has 5 nitrogen and oxygen atoms in total. The highest BCUT2D eigenvalue weighted by Crippen LogP contribution is 2.34. The fourth-order valence-corrected chi connectivity index (χ4v) is 5.02. The molecule has 0 saturated carbocycles. The number of thiophene rings is 1. The Morgan fingerprint density at radius 3 is 2.75 bits per heavy atom. The van der Waals surface area contributed by atoms with Crippen molar-refractivity contribution in [2.24, 2.45) is 0 Å². The van der Waals surface area contributed by atoms with Crippen LogP contribution < -0.4 is 4.74 Å². The zero-order valence-electron chi connectivity index (χ0n) is 19.5. The molecule has 0 aliphatic carbocycles. The lowest BCUT2D eigenvalue weighted by atomic mass is 10.00. The van der Waals surface area contributed by atoms with Crippen LogP contribution in [0.4, 0.5) is 0 Å². The maximum atomic E-state index is 13.3. The van der Waals surface area contributed by atoms with Gasteiger partial charge in [-0.1, -0.05) is 39.0 Å². The van der Waals surface area contributed by atoms with Crippen molar-refractivity contribution >= 4 is 17.2 Å². The molecule has 2 unspecified atom stereocenters. The number of ether oxygens (including phenoxy) is 1. The summed E-state index contributed by atoms with van der Waals surface area (Å²) < 4.78 is 6.16. The molecule has 1 amide bonds. The summed E-state index contributed by atoms with van der Waals surface area (Å²) in [4.78, 5) is 18.6. The molecule has 0 saturated heterocycles. The molecule has 0 spiro atoms. The van der Waals surface area contributed by atoms with Gasteiger partial charge in [-0.2, -0.15) is 0 Å². The fraction of sp³-hybridized carbons (Fsp3) is 0.500. The number of aliphatic hydroxyl groups excluding tert-OH is 1. The van der Waals surface area contributed by atoms with Crippen molar-refractivity contribution in [2.75, 3.05) is 32.8 Å². The number of aliphatic hydroxyl groups is 1. The van der Waals surface area contributed by atoms with Gasteiger partial charge in [0.1, 0.15) is 12.4 Å². The lowest BCUT2D eigenvalue weighted by Crippen LogP contribution is -2.47. The molecule has 2 atom stereocenters. The van der Waals surface area contributed by atoms with Gasteiger partial charge < -0.3 is 14.7 Å². The highest BCUT2D eigenvalue weighted by atomic mass is 32.1. The minimum Gasteiger partial charge on any atom is -0.491 e. The van der Waals surface area contributed by atoms with Crippen LogP contribution in [0.15, 0.2) is 48.4 Å². The molecular weight excluding hydrogens is 420 g/mol. The molecule has 3 rings (SSSR count). The molecule has 0 bridgehead atoms. The molecule has 1 aromatic heterocycles. The van der Waals surface area contributed by atoms with E-state index in [2.05, 4.69) is 44.0 Å². The van der Waals surface area contributed by atoms with Gasteiger partial charge in [-0.25, -0.2) is 0 Å². The van der Waals surface area contributed by atoms with Gasteiger partial charge in [-0.3, -0.25) is 9.69 Å². The quantitative estimate of drug-likeness (QED) is 0.501. The van der Waals surface area contributed by atoms with Crippen molar-refractivity contribution in [1.29, 1.82) is 0 Å². The predicted molar refractivity (Wildman–Crippen MR) is 131 cm³/mol.